The Bertz CT molecular complexity index is 896. The fraction of sp³-hybridized carbons (Fsp3) is 0.267. The van der Waals surface area contributed by atoms with Crippen LogP contribution in [0.1, 0.15) is 5.56 Å². The molecule has 0 radical (unpaired) electrons. The Morgan fingerprint density at radius 1 is 1.15 bits per heavy atom. The van der Waals surface area contributed by atoms with Crippen LogP contribution in [0, 0.1) is 0 Å². The third-order valence-electron chi connectivity index (χ3n) is 3.93. The molecular formula is C15H8ClF6N3O2. The molecule has 0 aliphatic carbocycles. The number of halogens is 7. The fourth-order valence-electron chi connectivity index (χ4n) is 2.63. The number of nitrogens with zero attached hydrogens (tertiary/aromatic N) is 2. The average Bonchev–Trinajstić information content (AvgIpc) is 2.97. The maximum absolute atomic E-state index is 13.6. The van der Waals surface area contributed by atoms with E-state index in [2.05, 4.69) is 20.0 Å². The summed E-state index contributed by atoms with van der Waals surface area (Å²) in [4.78, 5) is 1.17. The molecule has 0 amide bonds. The molecule has 2 unspecified atom stereocenters. The van der Waals surface area contributed by atoms with Crippen molar-refractivity contribution in [1.29, 1.82) is 0 Å². The van der Waals surface area contributed by atoms with Gasteiger partial charge in [0.05, 0.1) is 5.57 Å². The molecule has 27 heavy (non-hydrogen) atoms. The van der Waals surface area contributed by atoms with Gasteiger partial charge < -0.3 is 14.4 Å². The van der Waals surface area contributed by atoms with Crippen molar-refractivity contribution < 1.29 is 35.8 Å². The highest BCUT2D eigenvalue weighted by Crippen LogP contribution is 2.48. The van der Waals surface area contributed by atoms with Gasteiger partial charge >= 0.3 is 17.6 Å². The van der Waals surface area contributed by atoms with E-state index in [-0.39, 0.29) is 11.4 Å². The summed E-state index contributed by atoms with van der Waals surface area (Å²) in [5, 5.41) is 0.0384. The van der Waals surface area contributed by atoms with E-state index in [9.17, 15) is 26.3 Å². The summed E-state index contributed by atoms with van der Waals surface area (Å²) in [7, 11) is 0. The first-order chi connectivity index (χ1) is 12.5. The Balaban J connectivity index is 1.68. The molecule has 4 rings (SSSR count). The van der Waals surface area contributed by atoms with Crippen molar-refractivity contribution in [2.75, 3.05) is 0 Å². The van der Waals surface area contributed by atoms with Gasteiger partial charge in [0, 0.05) is 11.8 Å². The summed E-state index contributed by atoms with van der Waals surface area (Å²) in [6.07, 6.45) is -6.75. The van der Waals surface area contributed by atoms with Crippen molar-refractivity contribution in [3.8, 4) is 11.5 Å². The van der Waals surface area contributed by atoms with Gasteiger partial charge in [0.15, 0.2) is 17.3 Å². The minimum Gasteiger partial charge on any atom is -0.434 e. The number of hydrogen-bond donors (Lipinski definition) is 1. The molecule has 5 nitrogen and oxygen atoms in total. The molecule has 3 aliphatic rings. The van der Waals surface area contributed by atoms with Crippen LogP contribution in [0.3, 0.4) is 0 Å². The number of hydrogen-bond acceptors (Lipinski definition) is 5. The molecule has 0 aromatic heterocycles. The molecule has 3 aliphatic heterocycles. The molecule has 0 saturated carbocycles. The minimum absolute atomic E-state index is 0.0174. The van der Waals surface area contributed by atoms with Crippen LogP contribution in [0.4, 0.5) is 26.3 Å². The highest BCUT2D eigenvalue weighted by molar-refractivity contribution is 6.22. The second kappa shape index (κ2) is 5.47. The molecule has 2 atom stereocenters. The zero-order valence-corrected chi connectivity index (χ0v) is 13.7. The molecule has 0 saturated heterocycles. The van der Waals surface area contributed by atoms with Crippen LogP contribution in [0.15, 0.2) is 47.2 Å². The van der Waals surface area contributed by atoms with Crippen LogP contribution in [0.25, 0.3) is 0 Å². The Kier molecular flexibility index (Phi) is 3.61. The molecule has 12 heteroatoms. The number of nitrogens with one attached hydrogen (secondary N) is 1. The van der Waals surface area contributed by atoms with Crippen molar-refractivity contribution in [1.82, 2.24) is 10.3 Å². The van der Waals surface area contributed by atoms with Crippen LogP contribution in [0.5, 0.6) is 11.5 Å². The average molecular weight is 412 g/mol. The highest BCUT2D eigenvalue weighted by Gasteiger charge is 2.63. The molecule has 0 bridgehead atoms. The second-order valence-corrected chi connectivity index (χ2v) is 6.24. The summed E-state index contributed by atoms with van der Waals surface area (Å²) in [6, 6.07) is 3.43. The number of hydrazone groups is 1. The van der Waals surface area contributed by atoms with Gasteiger partial charge in [0.1, 0.15) is 6.17 Å². The van der Waals surface area contributed by atoms with E-state index in [1.165, 1.54) is 17.0 Å². The molecule has 1 N–H and O–H groups in total. The summed E-state index contributed by atoms with van der Waals surface area (Å²) in [6.45, 7) is 0. The monoisotopic (exact) mass is 411 g/mol. The number of amidine groups is 1. The first kappa shape index (κ1) is 17.8. The summed E-state index contributed by atoms with van der Waals surface area (Å²) in [5.41, 5.74) is 1.83. The van der Waals surface area contributed by atoms with Gasteiger partial charge in [-0.3, -0.25) is 5.43 Å². The van der Waals surface area contributed by atoms with Crippen LogP contribution >= 0.6 is 11.6 Å². The van der Waals surface area contributed by atoms with E-state index in [0.717, 1.165) is 24.4 Å². The fourth-order valence-corrected chi connectivity index (χ4v) is 2.75. The normalized spacial score (nSPS) is 28.3. The maximum atomic E-state index is 13.6. The number of ether oxygens (including phenoxy) is 2. The number of fused-ring (bicyclic) bond motifs is 2. The first-order valence-corrected chi connectivity index (χ1v) is 7.73. The molecule has 1 aromatic rings. The number of rotatable bonds is 1. The molecule has 0 spiro atoms. The summed E-state index contributed by atoms with van der Waals surface area (Å²) < 4.78 is 88.2. The maximum Gasteiger partial charge on any atom is 0.488 e. The van der Waals surface area contributed by atoms with E-state index in [1.54, 1.807) is 0 Å². The highest BCUT2D eigenvalue weighted by atomic mass is 35.5. The Morgan fingerprint density at radius 3 is 2.59 bits per heavy atom. The van der Waals surface area contributed by atoms with Gasteiger partial charge in [0.2, 0.25) is 0 Å². The Hall–Kier alpha value is -2.56. The van der Waals surface area contributed by atoms with Gasteiger partial charge in [0.25, 0.3) is 0 Å². The molecule has 0 fully saturated rings. The lowest BCUT2D eigenvalue weighted by Crippen LogP contribution is -2.51. The predicted octanol–water partition coefficient (Wildman–Crippen LogP) is 3.82. The largest absolute Gasteiger partial charge is 0.488 e. The number of alkyl halides is 7. The molecule has 144 valence electrons. The van der Waals surface area contributed by atoms with Gasteiger partial charge in [-0.15, -0.1) is 0 Å². The van der Waals surface area contributed by atoms with Gasteiger partial charge in [-0.2, -0.15) is 31.4 Å². The second-order valence-electron chi connectivity index (χ2n) is 5.76. The lowest BCUT2D eigenvalue weighted by molar-refractivity contribution is -0.303. The van der Waals surface area contributed by atoms with Gasteiger partial charge in [-0.1, -0.05) is 0 Å². The Labute approximate surface area is 152 Å². The van der Waals surface area contributed by atoms with Crippen molar-refractivity contribution in [3.05, 3.63) is 47.7 Å². The SMILES string of the molecule is FC(F)(F)C1=CN2C(c3ccc4c(c3)OC(F)(F)C(F)(Cl)O4)=NNC2C=C1. The van der Waals surface area contributed by atoms with E-state index in [4.69, 9.17) is 11.6 Å². The third kappa shape index (κ3) is 2.85. The van der Waals surface area contributed by atoms with Crippen LogP contribution in [-0.2, 0) is 0 Å². The summed E-state index contributed by atoms with van der Waals surface area (Å²) in [5.74, 6) is -0.913. The van der Waals surface area contributed by atoms with E-state index < -0.39 is 40.8 Å². The van der Waals surface area contributed by atoms with Crippen LogP contribution < -0.4 is 14.9 Å². The van der Waals surface area contributed by atoms with E-state index >= 15 is 0 Å². The molecule has 1 aromatic carbocycles. The number of allylic oxidation sites excluding steroid dienone is 2. The standard InChI is InChI=1S/C15H8ClF6N3O2/c16-14(20)15(21,22)27-10-5-7(1-3-9(10)26-14)12-24-23-11-4-2-8(6-25(11)12)13(17,18)19/h1-6,11,23H. The summed E-state index contributed by atoms with van der Waals surface area (Å²) >= 11 is 4.98. The molecular weight excluding hydrogens is 404 g/mol. The van der Waals surface area contributed by atoms with E-state index in [0.29, 0.717) is 0 Å². The zero-order valence-electron chi connectivity index (χ0n) is 12.9. The van der Waals surface area contributed by atoms with Crippen molar-refractivity contribution in [2.45, 2.75) is 23.8 Å². The van der Waals surface area contributed by atoms with Crippen LogP contribution in [0.2, 0.25) is 0 Å². The van der Waals surface area contributed by atoms with E-state index in [1.807, 2.05) is 0 Å². The van der Waals surface area contributed by atoms with Crippen molar-refractivity contribution >= 4 is 17.4 Å². The Morgan fingerprint density at radius 2 is 1.89 bits per heavy atom. The third-order valence-corrected chi connectivity index (χ3v) is 4.22. The lowest BCUT2D eigenvalue weighted by Gasteiger charge is -2.33. The first-order valence-electron chi connectivity index (χ1n) is 7.35. The van der Waals surface area contributed by atoms with Crippen molar-refractivity contribution in [2.24, 2.45) is 5.10 Å². The lowest BCUT2D eigenvalue weighted by atomic mass is 10.1. The topological polar surface area (TPSA) is 46.1 Å². The molecule has 3 heterocycles. The van der Waals surface area contributed by atoms with Crippen LogP contribution in [-0.4, -0.2) is 34.5 Å². The van der Waals surface area contributed by atoms with Gasteiger partial charge in [-0.25, -0.2) is 0 Å². The smallest absolute Gasteiger partial charge is 0.434 e. The minimum atomic E-state index is -4.57. The quantitative estimate of drug-likeness (QED) is 0.564. The zero-order chi connectivity index (χ0) is 19.6. The van der Waals surface area contributed by atoms with Crippen molar-refractivity contribution in [3.63, 3.8) is 0 Å². The van der Waals surface area contributed by atoms with Gasteiger partial charge in [-0.05, 0) is 42.0 Å². The number of benzene rings is 1. The predicted molar refractivity (Wildman–Crippen MR) is 80.9 cm³/mol.